The van der Waals surface area contributed by atoms with E-state index in [-0.39, 0.29) is 12.6 Å². The first-order valence-corrected chi connectivity index (χ1v) is 6.78. The van der Waals surface area contributed by atoms with Crippen molar-refractivity contribution in [1.82, 2.24) is 10.2 Å². The minimum Gasteiger partial charge on any atom is -0.395 e. The maximum absolute atomic E-state index is 9.35. The zero-order chi connectivity index (χ0) is 11.5. The highest BCUT2D eigenvalue weighted by atomic mass is 16.3. The minimum atomic E-state index is 0.249. The molecule has 1 aliphatic carbocycles. The van der Waals surface area contributed by atoms with Gasteiger partial charge in [-0.25, -0.2) is 0 Å². The molecule has 1 heterocycles. The zero-order valence-electron chi connectivity index (χ0n) is 10.7. The molecule has 3 heteroatoms. The second-order valence-electron chi connectivity index (χ2n) is 5.87. The first-order chi connectivity index (χ1) is 7.69. The van der Waals surface area contributed by atoms with Crippen molar-refractivity contribution in [3.05, 3.63) is 0 Å². The monoisotopic (exact) mass is 226 g/mol. The lowest BCUT2D eigenvalue weighted by Gasteiger charge is -2.25. The van der Waals surface area contributed by atoms with E-state index in [1.807, 2.05) is 0 Å². The molecule has 2 fully saturated rings. The molecule has 2 N–H and O–H groups in total. The molecule has 3 unspecified atom stereocenters. The van der Waals surface area contributed by atoms with Crippen molar-refractivity contribution >= 4 is 0 Å². The molecule has 16 heavy (non-hydrogen) atoms. The molecule has 0 aromatic heterocycles. The first-order valence-electron chi connectivity index (χ1n) is 6.78. The number of hydrogen-bond donors (Lipinski definition) is 2. The van der Waals surface area contributed by atoms with Gasteiger partial charge in [-0.1, -0.05) is 20.3 Å². The summed E-state index contributed by atoms with van der Waals surface area (Å²) in [5.41, 5.74) is 0. The lowest BCUT2D eigenvalue weighted by Crippen LogP contribution is -2.45. The quantitative estimate of drug-likeness (QED) is 0.736. The number of fused-ring (bicyclic) bond motifs is 1. The van der Waals surface area contributed by atoms with E-state index < -0.39 is 0 Å². The molecule has 1 aliphatic heterocycles. The smallest absolute Gasteiger partial charge is 0.0597 e. The van der Waals surface area contributed by atoms with Gasteiger partial charge in [-0.2, -0.15) is 0 Å². The van der Waals surface area contributed by atoms with Crippen molar-refractivity contribution in [1.29, 1.82) is 0 Å². The molecule has 1 saturated heterocycles. The summed E-state index contributed by atoms with van der Waals surface area (Å²) >= 11 is 0. The van der Waals surface area contributed by atoms with Crippen molar-refractivity contribution in [3.8, 4) is 0 Å². The Labute approximate surface area is 99.2 Å². The Hall–Kier alpha value is -0.120. The first kappa shape index (κ1) is 12.3. The SMILES string of the molecule is CC(C)NC(CO)CN1CC2CCCC2C1. The lowest BCUT2D eigenvalue weighted by atomic mass is 10.0. The Morgan fingerprint density at radius 2 is 1.88 bits per heavy atom. The van der Waals surface area contributed by atoms with Crippen LogP contribution in [0.1, 0.15) is 33.1 Å². The Kier molecular flexibility index (Phi) is 4.22. The predicted molar refractivity (Wildman–Crippen MR) is 66.4 cm³/mol. The Morgan fingerprint density at radius 3 is 2.38 bits per heavy atom. The van der Waals surface area contributed by atoms with Gasteiger partial charge in [-0.15, -0.1) is 0 Å². The third kappa shape index (κ3) is 2.96. The topological polar surface area (TPSA) is 35.5 Å². The van der Waals surface area contributed by atoms with Crippen LogP contribution in [0.4, 0.5) is 0 Å². The molecule has 0 radical (unpaired) electrons. The van der Waals surface area contributed by atoms with Crippen LogP contribution in [0.3, 0.4) is 0 Å². The largest absolute Gasteiger partial charge is 0.395 e. The summed E-state index contributed by atoms with van der Waals surface area (Å²) in [5, 5.41) is 12.8. The maximum atomic E-state index is 9.35. The van der Waals surface area contributed by atoms with Gasteiger partial charge in [0, 0.05) is 31.7 Å². The van der Waals surface area contributed by atoms with Crippen LogP contribution in [-0.4, -0.2) is 48.3 Å². The summed E-state index contributed by atoms with van der Waals surface area (Å²) in [6.07, 6.45) is 4.31. The molecule has 0 aromatic carbocycles. The van der Waals surface area contributed by atoms with E-state index in [9.17, 15) is 5.11 Å². The van der Waals surface area contributed by atoms with E-state index >= 15 is 0 Å². The minimum absolute atomic E-state index is 0.249. The number of aliphatic hydroxyl groups is 1. The highest BCUT2D eigenvalue weighted by Gasteiger charge is 2.36. The Bertz CT molecular complexity index is 208. The van der Waals surface area contributed by atoms with Gasteiger partial charge >= 0.3 is 0 Å². The van der Waals surface area contributed by atoms with E-state index in [1.54, 1.807) is 0 Å². The zero-order valence-corrected chi connectivity index (χ0v) is 10.7. The summed E-state index contributed by atoms with van der Waals surface area (Å²) in [7, 11) is 0. The second-order valence-corrected chi connectivity index (χ2v) is 5.87. The summed E-state index contributed by atoms with van der Waals surface area (Å²) in [6, 6.07) is 0.707. The van der Waals surface area contributed by atoms with E-state index in [0.29, 0.717) is 6.04 Å². The Balaban J connectivity index is 1.76. The van der Waals surface area contributed by atoms with Crippen LogP contribution in [0.15, 0.2) is 0 Å². The van der Waals surface area contributed by atoms with Crippen LogP contribution in [0.25, 0.3) is 0 Å². The Morgan fingerprint density at radius 1 is 1.25 bits per heavy atom. The maximum Gasteiger partial charge on any atom is 0.0597 e. The van der Waals surface area contributed by atoms with Gasteiger partial charge in [0.25, 0.3) is 0 Å². The van der Waals surface area contributed by atoms with Crippen LogP contribution in [0.5, 0.6) is 0 Å². The van der Waals surface area contributed by atoms with Crippen LogP contribution >= 0.6 is 0 Å². The third-order valence-corrected chi connectivity index (χ3v) is 4.07. The molecule has 3 atom stereocenters. The number of nitrogens with one attached hydrogen (secondary N) is 1. The van der Waals surface area contributed by atoms with E-state index in [1.165, 1.54) is 32.4 Å². The highest BCUT2D eigenvalue weighted by Crippen LogP contribution is 2.37. The van der Waals surface area contributed by atoms with Gasteiger partial charge in [0.2, 0.25) is 0 Å². The fourth-order valence-electron chi connectivity index (χ4n) is 3.43. The van der Waals surface area contributed by atoms with Crippen LogP contribution in [0.2, 0.25) is 0 Å². The van der Waals surface area contributed by atoms with E-state index in [0.717, 1.165) is 18.4 Å². The average Bonchev–Trinajstić information content (AvgIpc) is 2.75. The number of nitrogens with zero attached hydrogens (tertiary/aromatic N) is 1. The van der Waals surface area contributed by atoms with Gasteiger partial charge in [-0.3, -0.25) is 0 Å². The highest BCUT2D eigenvalue weighted by molar-refractivity contribution is 4.90. The molecule has 0 aromatic rings. The number of aliphatic hydroxyl groups excluding tert-OH is 1. The molecule has 0 amide bonds. The van der Waals surface area contributed by atoms with Crippen molar-refractivity contribution in [3.63, 3.8) is 0 Å². The molecule has 94 valence electrons. The van der Waals surface area contributed by atoms with E-state index in [2.05, 4.69) is 24.1 Å². The molecule has 3 nitrogen and oxygen atoms in total. The van der Waals surface area contributed by atoms with Gasteiger partial charge < -0.3 is 15.3 Å². The second kappa shape index (κ2) is 5.48. The van der Waals surface area contributed by atoms with Crippen molar-refractivity contribution in [2.75, 3.05) is 26.2 Å². The number of hydrogen-bond acceptors (Lipinski definition) is 3. The van der Waals surface area contributed by atoms with Gasteiger partial charge in [0.05, 0.1) is 6.61 Å². The molecule has 0 bridgehead atoms. The summed E-state index contributed by atoms with van der Waals surface area (Å²) in [5.74, 6) is 1.91. The predicted octanol–water partition coefficient (Wildman–Crippen LogP) is 1.08. The lowest BCUT2D eigenvalue weighted by molar-refractivity contribution is 0.186. The number of likely N-dealkylation sites (tertiary alicyclic amines) is 1. The van der Waals surface area contributed by atoms with Crippen molar-refractivity contribution < 1.29 is 5.11 Å². The number of rotatable bonds is 5. The van der Waals surface area contributed by atoms with Crippen molar-refractivity contribution in [2.24, 2.45) is 11.8 Å². The molecule has 2 rings (SSSR count). The third-order valence-electron chi connectivity index (χ3n) is 4.07. The van der Waals surface area contributed by atoms with Crippen LogP contribution in [0, 0.1) is 11.8 Å². The summed E-state index contributed by atoms with van der Waals surface area (Å²) in [6.45, 7) is 8.08. The fraction of sp³-hybridized carbons (Fsp3) is 1.00. The van der Waals surface area contributed by atoms with Crippen LogP contribution < -0.4 is 5.32 Å². The molecular formula is C13H26N2O. The summed E-state index contributed by atoms with van der Waals surface area (Å²) < 4.78 is 0. The van der Waals surface area contributed by atoms with Crippen LogP contribution in [-0.2, 0) is 0 Å². The van der Waals surface area contributed by atoms with Gasteiger partial charge in [-0.05, 0) is 24.7 Å². The molecular weight excluding hydrogens is 200 g/mol. The molecule has 0 spiro atoms. The normalized spacial score (nSPS) is 32.2. The standard InChI is InChI=1S/C13H26N2O/c1-10(2)14-13(9-16)8-15-6-11-4-3-5-12(11)7-15/h10-14,16H,3-9H2,1-2H3. The molecule has 1 saturated carbocycles. The molecule has 2 aliphatic rings. The summed E-state index contributed by atoms with van der Waals surface area (Å²) in [4.78, 5) is 2.55. The van der Waals surface area contributed by atoms with Gasteiger partial charge in [0.1, 0.15) is 0 Å². The van der Waals surface area contributed by atoms with Gasteiger partial charge in [0.15, 0.2) is 0 Å². The van der Waals surface area contributed by atoms with E-state index in [4.69, 9.17) is 0 Å². The van der Waals surface area contributed by atoms with Crippen molar-refractivity contribution in [2.45, 2.75) is 45.2 Å². The fourth-order valence-corrected chi connectivity index (χ4v) is 3.43. The average molecular weight is 226 g/mol.